The Morgan fingerprint density at radius 2 is 2.12 bits per heavy atom. The number of nitrogens with zero attached hydrogens (tertiary/aromatic N) is 1. The summed E-state index contributed by atoms with van der Waals surface area (Å²) >= 11 is 1.52. The van der Waals surface area contributed by atoms with E-state index in [0.29, 0.717) is 0 Å². The molecule has 1 aromatic heterocycles. The average Bonchev–Trinajstić information content (AvgIpc) is 3.26. The Hall–Kier alpha value is -2.34. The first-order valence-corrected chi connectivity index (χ1v) is 9.38. The van der Waals surface area contributed by atoms with E-state index < -0.39 is 6.03 Å². The van der Waals surface area contributed by atoms with Crippen LogP contribution in [0.1, 0.15) is 47.4 Å². The summed E-state index contributed by atoms with van der Waals surface area (Å²) in [6.45, 7) is 2.84. The van der Waals surface area contributed by atoms with Gasteiger partial charge in [-0.3, -0.25) is 4.79 Å². The smallest absolute Gasteiger partial charge is 0.312 e. The van der Waals surface area contributed by atoms with Gasteiger partial charge in [-0.25, -0.2) is 4.79 Å². The van der Waals surface area contributed by atoms with Crippen LogP contribution in [-0.4, -0.2) is 23.4 Å². The van der Waals surface area contributed by atoms with Crippen molar-refractivity contribution in [3.8, 4) is 0 Å². The third kappa shape index (κ3) is 4.02. The van der Waals surface area contributed by atoms with Crippen molar-refractivity contribution in [2.45, 2.75) is 38.3 Å². The molecule has 1 aliphatic heterocycles. The number of nitrogens with two attached hydrogens (primary N) is 1. The van der Waals surface area contributed by atoms with Gasteiger partial charge in [0.2, 0.25) is 5.91 Å². The molecule has 0 bridgehead atoms. The second-order valence-electron chi connectivity index (χ2n) is 6.38. The summed E-state index contributed by atoms with van der Waals surface area (Å²) in [5, 5.41) is 4.64. The van der Waals surface area contributed by atoms with Crippen LogP contribution in [0.4, 0.5) is 4.79 Å². The number of hydrogen-bond acceptors (Lipinski definition) is 3. The van der Waals surface area contributed by atoms with Crippen molar-refractivity contribution in [2.24, 2.45) is 5.73 Å². The predicted molar refractivity (Wildman–Crippen MR) is 99.3 cm³/mol. The zero-order valence-corrected chi connectivity index (χ0v) is 15.1. The molecule has 0 radical (unpaired) electrons. The number of likely N-dealkylation sites (tertiary alicyclic amines) is 1. The van der Waals surface area contributed by atoms with Crippen LogP contribution in [0.3, 0.4) is 0 Å². The Balaban J connectivity index is 1.76. The minimum Gasteiger partial charge on any atom is -0.352 e. The molecule has 1 aliphatic rings. The van der Waals surface area contributed by atoms with Crippen LogP contribution in [0, 0.1) is 6.92 Å². The van der Waals surface area contributed by atoms with Gasteiger partial charge in [0.25, 0.3) is 0 Å². The number of aryl methyl sites for hydroxylation is 1. The average molecular weight is 357 g/mol. The fourth-order valence-corrected chi connectivity index (χ4v) is 4.30. The van der Waals surface area contributed by atoms with Gasteiger partial charge in [-0.2, -0.15) is 0 Å². The summed E-state index contributed by atoms with van der Waals surface area (Å²) in [5.74, 6) is 0.0536. The van der Waals surface area contributed by atoms with Gasteiger partial charge in [0.05, 0.1) is 18.5 Å². The van der Waals surface area contributed by atoms with Gasteiger partial charge in [-0.15, -0.1) is 11.3 Å². The molecule has 0 spiro atoms. The maximum absolute atomic E-state index is 13.0. The van der Waals surface area contributed by atoms with Crippen molar-refractivity contribution in [1.82, 2.24) is 10.2 Å². The summed E-state index contributed by atoms with van der Waals surface area (Å²) < 4.78 is 0. The summed E-state index contributed by atoms with van der Waals surface area (Å²) in [4.78, 5) is 27.2. The van der Waals surface area contributed by atoms with Gasteiger partial charge in [-0.05, 0) is 42.3 Å². The number of hydrogen-bond donors (Lipinski definition) is 2. The van der Waals surface area contributed by atoms with E-state index in [-0.39, 0.29) is 24.4 Å². The lowest BCUT2D eigenvalue weighted by molar-refractivity contribution is -0.132. The highest BCUT2D eigenvalue weighted by molar-refractivity contribution is 7.10. The molecule has 25 heavy (non-hydrogen) atoms. The minimum atomic E-state index is -0.608. The van der Waals surface area contributed by atoms with Crippen molar-refractivity contribution in [2.75, 3.05) is 6.54 Å². The Morgan fingerprint density at radius 1 is 1.32 bits per heavy atom. The largest absolute Gasteiger partial charge is 0.352 e. The zero-order valence-electron chi connectivity index (χ0n) is 14.3. The molecule has 3 N–H and O–H groups in total. The van der Waals surface area contributed by atoms with Crippen molar-refractivity contribution < 1.29 is 9.59 Å². The second-order valence-corrected chi connectivity index (χ2v) is 7.36. The molecule has 1 aromatic carbocycles. The number of carbonyl (C=O) groups is 2. The van der Waals surface area contributed by atoms with E-state index in [2.05, 4.69) is 24.4 Å². The normalized spacial score (nSPS) is 18.1. The quantitative estimate of drug-likeness (QED) is 0.859. The van der Waals surface area contributed by atoms with Crippen LogP contribution in [-0.2, 0) is 4.79 Å². The van der Waals surface area contributed by atoms with E-state index >= 15 is 0 Å². The molecule has 5 nitrogen and oxygen atoms in total. The molecule has 3 rings (SSSR count). The molecule has 1 saturated heterocycles. The Kier molecular flexibility index (Phi) is 5.38. The molecular weight excluding hydrogens is 334 g/mol. The monoisotopic (exact) mass is 357 g/mol. The molecule has 2 atom stereocenters. The van der Waals surface area contributed by atoms with Gasteiger partial charge in [0, 0.05) is 11.4 Å². The number of thiophene rings is 1. The molecular formula is C19H23N3O2S. The van der Waals surface area contributed by atoms with E-state index in [1.807, 2.05) is 34.5 Å². The van der Waals surface area contributed by atoms with E-state index in [4.69, 9.17) is 5.73 Å². The standard InChI is InChI=1S/C19H23N3O2S/c1-13-6-2-3-7-14(13)16-8-4-10-22(16)18(23)12-15(21-19(20)24)17-9-5-11-25-17/h2-3,5-7,9,11,15-16H,4,8,10,12H2,1H3,(H3,20,21,24)/t15?,16-/m0/s1. The molecule has 2 aromatic rings. The Bertz CT molecular complexity index is 745. The number of carbonyl (C=O) groups excluding carboxylic acids is 2. The molecule has 6 heteroatoms. The van der Waals surface area contributed by atoms with Crippen LogP contribution in [0.25, 0.3) is 0 Å². The fraction of sp³-hybridized carbons (Fsp3) is 0.368. The molecule has 1 unspecified atom stereocenters. The van der Waals surface area contributed by atoms with Crippen LogP contribution < -0.4 is 11.1 Å². The van der Waals surface area contributed by atoms with E-state index in [1.54, 1.807) is 0 Å². The predicted octanol–water partition coefficient (Wildman–Crippen LogP) is 3.52. The molecule has 0 saturated carbocycles. The van der Waals surface area contributed by atoms with Crippen molar-refractivity contribution in [3.63, 3.8) is 0 Å². The van der Waals surface area contributed by atoms with E-state index in [9.17, 15) is 9.59 Å². The second kappa shape index (κ2) is 7.70. The Morgan fingerprint density at radius 3 is 2.80 bits per heavy atom. The summed E-state index contributed by atoms with van der Waals surface area (Å²) in [6.07, 6.45) is 2.20. The highest BCUT2D eigenvalue weighted by atomic mass is 32.1. The topological polar surface area (TPSA) is 75.4 Å². The maximum Gasteiger partial charge on any atom is 0.312 e. The third-order valence-corrected chi connectivity index (χ3v) is 5.69. The third-order valence-electron chi connectivity index (χ3n) is 4.70. The van der Waals surface area contributed by atoms with Gasteiger partial charge in [0.1, 0.15) is 0 Å². The lowest BCUT2D eigenvalue weighted by Gasteiger charge is -2.28. The summed E-state index contributed by atoms with van der Waals surface area (Å²) in [7, 11) is 0. The summed E-state index contributed by atoms with van der Waals surface area (Å²) in [6, 6.07) is 11.2. The zero-order chi connectivity index (χ0) is 17.8. The number of urea groups is 1. The van der Waals surface area contributed by atoms with Crippen LogP contribution >= 0.6 is 11.3 Å². The molecule has 132 valence electrons. The van der Waals surface area contributed by atoms with Crippen LogP contribution in [0.5, 0.6) is 0 Å². The lowest BCUT2D eigenvalue weighted by Crippen LogP contribution is -2.38. The first-order chi connectivity index (χ1) is 12.1. The van der Waals surface area contributed by atoms with Crippen LogP contribution in [0.2, 0.25) is 0 Å². The van der Waals surface area contributed by atoms with Crippen molar-refractivity contribution in [1.29, 1.82) is 0 Å². The Labute approximate surface area is 151 Å². The van der Waals surface area contributed by atoms with Gasteiger partial charge < -0.3 is 16.0 Å². The minimum absolute atomic E-state index is 0.0536. The van der Waals surface area contributed by atoms with Gasteiger partial charge in [0.15, 0.2) is 0 Å². The first-order valence-electron chi connectivity index (χ1n) is 8.50. The SMILES string of the molecule is Cc1ccccc1[C@@H]1CCCN1C(=O)CC(NC(N)=O)c1cccs1. The number of rotatable bonds is 5. The van der Waals surface area contributed by atoms with Crippen LogP contribution in [0.15, 0.2) is 41.8 Å². The highest BCUT2D eigenvalue weighted by Gasteiger charge is 2.32. The molecule has 1 fully saturated rings. The van der Waals surface area contributed by atoms with Crippen molar-refractivity contribution in [3.05, 3.63) is 57.8 Å². The lowest BCUT2D eigenvalue weighted by atomic mass is 9.99. The number of amides is 3. The first kappa shape index (κ1) is 17.5. The van der Waals surface area contributed by atoms with E-state index in [0.717, 1.165) is 24.3 Å². The van der Waals surface area contributed by atoms with Gasteiger partial charge in [-0.1, -0.05) is 30.3 Å². The highest BCUT2D eigenvalue weighted by Crippen LogP contribution is 2.35. The molecule has 3 amide bonds. The number of nitrogens with one attached hydrogen (secondary N) is 1. The molecule has 2 heterocycles. The maximum atomic E-state index is 13.0. The number of benzene rings is 1. The van der Waals surface area contributed by atoms with E-state index in [1.165, 1.54) is 22.5 Å². The summed E-state index contributed by atoms with van der Waals surface area (Å²) in [5.41, 5.74) is 7.71. The molecule has 0 aliphatic carbocycles. The number of primary amides is 1. The fourth-order valence-electron chi connectivity index (χ4n) is 3.53. The van der Waals surface area contributed by atoms with Crippen molar-refractivity contribution >= 4 is 23.3 Å². The van der Waals surface area contributed by atoms with Gasteiger partial charge >= 0.3 is 6.03 Å².